The van der Waals surface area contributed by atoms with Crippen molar-refractivity contribution < 1.29 is 43.4 Å². The number of para-hydroxylation sites is 2. The summed E-state index contributed by atoms with van der Waals surface area (Å²) in [6.07, 6.45) is 14.1. The summed E-state index contributed by atoms with van der Waals surface area (Å²) in [6.45, 7) is 1.36. The number of aliphatic hydroxyl groups excluding tert-OH is 1. The first kappa shape index (κ1) is 30.0. The molecule has 2 saturated heterocycles. The van der Waals surface area contributed by atoms with Crippen molar-refractivity contribution in [3.05, 3.63) is 48.6 Å². The molecule has 2 N–H and O–H groups in total. The van der Waals surface area contributed by atoms with Crippen LogP contribution in [0.3, 0.4) is 0 Å². The summed E-state index contributed by atoms with van der Waals surface area (Å²) in [4.78, 5) is 10.8. The second-order valence-corrected chi connectivity index (χ2v) is 11.3. The van der Waals surface area contributed by atoms with Gasteiger partial charge in [-0.2, -0.15) is 0 Å². The van der Waals surface area contributed by atoms with Gasteiger partial charge < -0.3 is 38.6 Å². The van der Waals surface area contributed by atoms with Crippen LogP contribution in [0.1, 0.15) is 70.6 Å². The summed E-state index contributed by atoms with van der Waals surface area (Å²) < 4.78 is 36.9. The van der Waals surface area contributed by atoms with Gasteiger partial charge in [-0.15, -0.1) is 0 Å². The average Bonchev–Trinajstić information content (AvgIpc) is 3.54. The highest BCUT2D eigenvalue weighted by Gasteiger charge is 2.43. The molecule has 5 rings (SSSR count). The second-order valence-electron chi connectivity index (χ2n) is 11.3. The molecular formula is C32H44O9. The number of rotatable bonds is 13. The summed E-state index contributed by atoms with van der Waals surface area (Å²) in [7, 11) is 0. The Labute approximate surface area is 242 Å². The van der Waals surface area contributed by atoms with Crippen LogP contribution in [0.5, 0.6) is 11.5 Å². The van der Waals surface area contributed by atoms with Gasteiger partial charge in [0.2, 0.25) is 0 Å². The van der Waals surface area contributed by atoms with Crippen molar-refractivity contribution in [1.82, 2.24) is 0 Å². The van der Waals surface area contributed by atoms with Gasteiger partial charge in [-0.3, -0.25) is 4.79 Å². The van der Waals surface area contributed by atoms with Crippen LogP contribution in [-0.4, -0.2) is 66.6 Å². The van der Waals surface area contributed by atoms with Gasteiger partial charge in [0, 0.05) is 32.0 Å². The van der Waals surface area contributed by atoms with Gasteiger partial charge in [-0.05, 0) is 75.8 Å². The lowest BCUT2D eigenvalue weighted by atomic mass is 9.89. The number of carboxylic acids is 1. The van der Waals surface area contributed by atoms with Crippen molar-refractivity contribution in [2.24, 2.45) is 11.8 Å². The van der Waals surface area contributed by atoms with Crippen molar-refractivity contribution in [2.45, 2.75) is 108 Å². The smallest absolute Gasteiger partial charge is 0.303 e. The van der Waals surface area contributed by atoms with E-state index in [2.05, 4.69) is 12.2 Å². The number of carbonyl (C=O) groups is 1. The van der Waals surface area contributed by atoms with Crippen molar-refractivity contribution in [3.8, 4) is 11.5 Å². The molecule has 0 amide bonds. The molecular weight excluding hydrogens is 528 g/mol. The highest BCUT2D eigenvalue weighted by molar-refractivity contribution is 5.66. The molecule has 0 aromatic heterocycles. The van der Waals surface area contributed by atoms with E-state index in [0.717, 1.165) is 38.5 Å². The van der Waals surface area contributed by atoms with E-state index in [1.807, 2.05) is 36.4 Å². The Bertz CT molecular complexity index is 989. The average molecular weight is 573 g/mol. The number of fused-ring (bicyclic) bond motifs is 1. The Morgan fingerprint density at radius 2 is 1.71 bits per heavy atom. The zero-order valence-corrected chi connectivity index (χ0v) is 23.7. The number of aliphatic carboxylic acids is 1. The van der Waals surface area contributed by atoms with E-state index in [-0.39, 0.29) is 36.9 Å². The Morgan fingerprint density at radius 1 is 1.00 bits per heavy atom. The van der Waals surface area contributed by atoms with Gasteiger partial charge in [-0.1, -0.05) is 36.4 Å². The third-order valence-electron chi connectivity index (χ3n) is 8.27. The number of aliphatic hydroxyl groups is 1. The third kappa shape index (κ3) is 8.55. The second kappa shape index (κ2) is 15.2. The van der Waals surface area contributed by atoms with E-state index < -0.39 is 24.5 Å². The highest BCUT2D eigenvalue weighted by atomic mass is 16.8. The lowest BCUT2D eigenvalue weighted by Gasteiger charge is -2.30. The fraction of sp³-hybridized carbons (Fsp3) is 0.656. The number of hydrogen-bond acceptors (Lipinski definition) is 8. The zero-order valence-electron chi connectivity index (χ0n) is 23.7. The van der Waals surface area contributed by atoms with Crippen LogP contribution in [0, 0.1) is 11.8 Å². The SMILES string of the molecule is O=C(O)CCC/C=C\C[C@@H]1[C@@H](/C=C/[C@@H](OC2CCCCO2)C2Oc3ccccc3O2)[C@H](OC2CCCCO2)C[C@@H]1O. The normalized spacial score (nSPS) is 31.2. The Balaban J connectivity index is 1.31. The number of allylic oxidation sites excluding steroid dienone is 2. The molecule has 226 valence electrons. The standard InChI is InChI=1S/C32H44O9/c33-24-21-28(39-31-16-8-10-20-37-31)23(22(24)11-3-1-2-4-14-29(34)35)17-18-27(38-30-15-7-9-19-36-30)32-40-25-12-5-6-13-26(25)41-32/h1,3,5-6,12-13,17-18,22-24,27-28,30-33H,2,4,7-11,14-16,19-21H2,(H,34,35)/b3-1-,18-17+/t22-,23-,24+,27-,28-,30?,31?/m1/s1. The Kier molecular flexibility index (Phi) is 11.1. The predicted molar refractivity (Wildman–Crippen MR) is 150 cm³/mol. The van der Waals surface area contributed by atoms with Crippen molar-refractivity contribution in [1.29, 1.82) is 0 Å². The molecule has 9 nitrogen and oxygen atoms in total. The molecule has 4 aliphatic rings. The lowest BCUT2D eigenvalue weighted by molar-refractivity contribution is -0.208. The van der Waals surface area contributed by atoms with E-state index in [1.165, 1.54) is 0 Å². The molecule has 1 aliphatic carbocycles. The maximum Gasteiger partial charge on any atom is 0.303 e. The maximum absolute atomic E-state index is 11.1. The summed E-state index contributed by atoms with van der Waals surface area (Å²) in [5, 5.41) is 20.0. The molecule has 7 atom stereocenters. The predicted octanol–water partition coefficient (Wildman–Crippen LogP) is 5.36. The maximum atomic E-state index is 11.1. The fourth-order valence-corrected chi connectivity index (χ4v) is 6.07. The van der Waals surface area contributed by atoms with E-state index in [9.17, 15) is 9.90 Å². The van der Waals surface area contributed by atoms with Gasteiger partial charge in [0.1, 0.15) is 0 Å². The van der Waals surface area contributed by atoms with Gasteiger partial charge in [-0.25, -0.2) is 0 Å². The largest absolute Gasteiger partial charge is 0.481 e. The lowest BCUT2D eigenvalue weighted by Crippen LogP contribution is -2.39. The number of hydrogen-bond donors (Lipinski definition) is 2. The number of benzene rings is 1. The van der Waals surface area contributed by atoms with Gasteiger partial charge in [0.25, 0.3) is 6.29 Å². The van der Waals surface area contributed by atoms with Crippen LogP contribution in [0.2, 0.25) is 0 Å². The van der Waals surface area contributed by atoms with Crippen LogP contribution in [-0.2, 0) is 23.7 Å². The van der Waals surface area contributed by atoms with E-state index in [0.29, 0.717) is 50.4 Å². The molecule has 0 spiro atoms. The molecule has 9 heteroatoms. The van der Waals surface area contributed by atoms with E-state index >= 15 is 0 Å². The molecule has 41 heavy (non-hydrogen) atoms. The van der Waals surface area contributed by atoms with E-state index in [4.69, 9.17) is 33.5 Å². The number of ether oxygens (including phenoxy) is 6. The molecule has 3 heterocycles. The number of unbranched alkanes of at least 4 members (excludes halogenated alkanes) is 1. The molecule has 1 aromatic carbocycles. The molecule has 3 aliphatic heterocycles. The Hall–Kier alpha value is -2.43. The summed E-state index contributed by atoms with van der Waals surface area (Å²) >= 11 is 0. The van der Waals surface area contributed by atoms with Gasteiger partial charge >= 0.3 is 5.97 Å². The minimum Gasteiger partial charge on any atom is -0.481 e. The Morgan fingerprint density at radius 3 is 2.37 bits per heavy atom. The van der Waals surface area contributed by atoms with Gasteiger partial charge in [0.15, 0.2) is 30.2 Å². The van der Waals surface area contributed by atoms with Crippen molar-refractivity contribution in [2.75, 3.05) is 13.2 Å². The minimum atomic E-state index is -0.784. The first-order valence-corrected chi connectivity index (χ1v) is 15.3. The zero-order chi connectivity index (χ0) is 28.4. The van der Waals surface area contributed by atoms with Crippen LogP contribution in [0.4, 0.5) is 0 Å². The first-order chi connectivity index (χ1) is 20.1. The first-order valence-electron chi connectivity index (χ1n) is 15.3. The van der Waals surface area contributed by atoms with Gasteiger partial charge in [0.05, 0.1) is 12.2 Å². The summed E-state index contributed by atoms with van der Waals surface area (Å²) in [5.74, 6) is 0.434. The monoisotopic (exact) mass is 572 g/mol. The van der Waals surface area contributed by atoms with Crippen LogP contribution < -0.4 is 9.47 Å². The van der Waals surface area contributed by atoms with Crippen LogP contribution >= 0.6 is 0 Å². The highest BCUT2D eigenvalue weighted by Crippen LogP contribution is 2.41. The molecule has 3 fully saturated rings. The molecule has 0 bridgehead atoms. The topological polar surface area (TPSA) is 113 Å². The molecule has 0 radical (unpaired) electrons. The minimum absolute atomic E-state index is 0.0650. The van der Waals surface area contributed by atoms with E-state index in [1.54, 1.807) is 0 Å². The molecule has 1 saturated carbocycles. The molecule has 2 unspecified atom stereocenters. The van der Waals surface area contributed by atoms with Crippen LogP contribution in [0.15, 0.2) is 48.6 Å². The summed E-state index contributed by atoms with van der Waals surface area (Å²) in [5.41, 5.74) is 0. The third-order valence-corrected chi connectivity index (χ3v) is 8.27. The summed E-state index contributed by atoms with van der Waals surface area (Å²) in [6, 6.07) is 7.59. The van der Waals surface area contributed by atoms with Crippen molar-refractivity contribution >= 4 is 5.97 Å². The fourth-order valence-electron chi connectivity index (χ4n) is 6.07. The van der Waals surface area contributed by atoms with Crippen molar-refractivity contribution in [3.63, 3.8) is 0 Å². The quantitative estimate of drug-likeness (QED) is 0.238. The molecule has 1 aromatic rings. The van der Waals surface area contributed by atoms with Crippen LogP contribution in [0.25, 0.3) is 0 Å². The number of carboxylic acid groups (broad SMARTS) is 1.